The van der Waals surface area contributed by atoms with Crippen LogP contribution in [0.15, 0.2) is 41.4 Å². The molecule has 1 heterocycles. The highest BCUT2D eigenvalue weighted by atomic mass is 32.2. The van der Waals surface area contributed by atoms with Crippen molar-refractivity contribution >= 4 is 15.7 Å². The van der Waals surface area contributed by atoms with Crippen molar-refractivity contribution in [3.63, 3.8) is 0 Å². The predicted molar refractivity (Wildman–Crippen MR) is 70.9 cm³/mol. The highest BCUT2D eigenvalue weighted by Crippen LogP contribution is 2.18. The molecule has 2 aromatic rings. The smallest absolute Gasteiger partial charge is 0.263 e. The molecule has 0 saturated carbocycles. The molecular weight excluding hydrogens is 281 g/mol. The summed E-state index contributed by atoms with van der Waals surface area (Å²) in [5.74, 6) is -0.409. The molecule has 0 atom stereocenters. The van der Waals surface area contributed by atoms with E-state index in [0.717, 1.165) is 6.20 Å². The zero-order valence-corrected chi connectivity index (χ0v) is 11.3. The van der Waals surface area contributed by atoms with Gasteiger partial charge in [-0.25, -0.2) is 17.8 Å². The summed E-state index contributed by atoms with van der Waals surface area (Å²) in [6.45, 7) is 1.54. The van der Waals surface area contributed by atoms with Crippen molar-refractivity contribution in [2.75, 3.05) is 4.72 Å². The van der Waals surface area contributed by atoms with Gasteiger partial charge in [-0.15, -0.1) is 0 Å². The second-order valence-corrected chi connectivity index (χ2v) is 5.74. The van der Waals surface area contributed by atoms with Crippen molar-refractivity contribution in [2.45, 2.75) is 11.8 Å². The van der Waals surface area contributed by atoms with E-state index in [-0.39, 0.29) is 16.3 Å². The molecule has 2 rings (SSSR count). The van der Waals surface area contributed by atoms with Gasteiger partial charge >= 0.3 is 0 Å². The van der Waals surface area contributed by atoms with Crippen LogP contribution in [0.25, 0.3) is 0 Å². The Bertz CT molecular complexity index is 780. The number of sulfonamides is 1. The van der Waals surface area contributed by atoms with Crippen LogP contribution in [0.3, 0.4) is 0 Å². The van der Waals surface area contributed by atoms with Gasteiger partial charge in [0.2, 0.25) is 0 Å². The SMILES string of the molecule is Cc1cc(NS(=O)(=O)c2ccc(C#N)nc2)ccc1F. The van der Waals surface area contributed by atoms with Crippen molar-refractivity contribution in [1.82, 2.24) is 4.98 Å². The van der Waals surface area contributed by atoms with Gasteiger partial charge in [-0.3, -0.25) is 4.72 Å². The number of pyridine rings is 1. The van der Waals surface area contributed by atoms with Gasteiger partial charge < -0.3 is 0 Å². The second-order valence-electron chi connectivity index (χ2n) is 4.06. The number of nitrogens with one attached hydrogen (secondary N) is 1. The van der Waals surface area contributed by atoms with Crippen LogP contribution in [-0.4, -0.2) is 13.4 Å². The number of nitrogens with zero attached hydrogens (tertiary/aromatic N) is 2. The first kappa shape index (κ1) is 14.0. The summed E-state index contributed by atoms with van der Waals surface area (Å²) in [5.41, 5.74) is 0.720. The van der Waals surface area contributed by atoms with E-state index < -0.39 is 15.8 Å². The van der Waals surface area contributed by atoms with Gasteiger partial charge in [-0.2, -0.15) is 5.26 Å². The van der Waals surface area contributed by atoms with Crippen LogP contribution in [-0.2, 0) is 10.0 Å². The van der Waals surface area contributed by atoms with Crippen LogP contribution in [0.5, 0.6) is 0 Å². The quantitative estimate of drug-likeness (QED) is 0.939. The molecule has 0 aliphatic carbocycles. The molecule has 0 spiro atoms. The fourth-order valence-corrected chi connectivity index (χ4v) is 2.52. The standard InChI is InChI=1S/C13H10FN3O2S/c1-9-6-10(3-5-13(9)14)17-20(18,19)12-4-2-11(7-15)16-8-12/h2-6,8,17H,1H3. The Kier molecular flexibility index (Phi) is 3.68. The molecule has 0 aliphatic rings. The Morgan fingerprint density at radius 3 is 2.60 bits per heavy atom. The zero-order valence-electron chi connectivity index (χ0n) is 10.5. The number of halogens is 1. The maximum absolute atomic E-state index is 13.1. The third kappa shape index (κ3) is 2.92. The van der Waals surface area contributed by atoms with Crippen molar-refractivity contribution in [3.8, 4) is 6.07 Å². The number of aryl methyl sites for hydroxylation is 1. The minimum Gasteiger partial charge on any atom is -0.280 e. The molecule has 0 saturated heterocycles. The van der Waals surface area contributed by atoms with Crippen molar-refractivity contribution in [2.24, 2.45) is 0 Å². The first-order valence-corrected chi connectivity index (χ1v) is 7.06. The molecule has 1 N–H and O–H groups in total. The highest BCUT2D eigenvalue weighted by Gasteiger charge is 2.15. The summed E-state index contributed by atoms with van der Waals surface area (Å²) in [4.78, 5) is 3.63. The summed E-state index contributed by atoms with van der Waals surface area (Å²) in [6.07, 6.45) is 1.09. The lowest BCUT2D eigenvalue weighted by Gasteiger charge is -2.08. The van der Waals surface area contributed by atoms with Gasteiger partial charge in [0.1, 0.15) is 22.5 Å². The maximum Gasteiger partial charge on any atom is 0.263 e. The Morgan fingerprint density at radius 2 is 2.05 bits per heavy atom. The van der Waals surface area contributed by atoms with Crippen molar-refractivity contribution in [3.05, 3.63) is 53.6 Å². The van der Waals surface area contributed by atoms with Crippen LogP contribution in [0.2, 0.25) is 0 Å². The lowest BCUT2D eigenvalue weighted by molar-refractivity contribution is 0.600. The summed E-state index contributed by atoms with van der Waals surface area (Å²) < 4.78 is 39.6. The van der Waals surface area contributed by atoms with Crippen LogP contribution in [0.1, 0.15) is 11.3 Å². The van der Waals surface area contributed by atoms with Gasteiger partial charge in [0.25, 0.3) is 10.0 Å². The first-order chi connectivity index (χ1) is 9.42. The Labute approximate surface area is 115 Å². The Balaban J connectivity index is 2.30. The van der Waals surface area contributed by atoms with Crippen LogP contribution in [0.4, 0.5) is 10.1 Å². The van der Waals surface area contributed by atoms with Crippen LogP contribution < -0.4 is 4.72 Å². The number of anilines is 1. The van der Waals surface area contributed by atoms with Crippen LogP contribution in [0, 0.1) is 24.1 Å². The summed E-state index contributed by atoms with van der Waals surface area (Å²) in [7, 11) is -3.81. The molecular formula is C13H10FN3O2S. The van der Waals surface area contributed by atoms with Gasteiger partial charge in [0, 0.05) is 11.9 Å². The third-order valence-corrected chi connectivity index (χ3v) is 3.94. The van der Waals surface area contributed by atoms with Gasteiger partial charge in [0.05, 0.1) is 0 Å². The number of hydrogen-bond acceptors (Lipinski definition) is 4. The number of benzene rings is 1. The molecule has 7 heteroatoms. The zero-order chi connectivity index (χ0) is 14.8. The largest absolute Gasteiger partial charge is 0.280 e. The maximum atomic E-state index is 13.1. The lowest BCUT2D eigenvalue weighted by Crippen LogP contribution is -2.13. The van der Waals surface area contributed by atoms with Crippen molar-refractivity contribution < 1.29 is 12.8 Å². The molecule has 5 nitrogen and oxygen atoms in total. The third-order valence-electron chi connectivity index (χ3n) is 2.57. The highest BCUT2D eigenvalue weighted by molar-refractivity contribution is 7.92. The number of rotatable bonds is 3. The van der Waals surface area contributed by atoms with Gasteiger partial charge in [-0.05, 0) is 42.8 Å². The first-order valence-electron chi connectivity index (χ1n) is 5.57. The van der Waals surface area contributed by atoms with E-state index in [2.05, 4.69) is 9.71 Å². The molecule has 20 heavy (non-hydrogen) atoms. The monoisotopic (exact) mass is 291 g/mol. The summed E-state index contributed by atoms with van der Waals surface area (Å²) >= 11 is 0. The Morgan fingerprint density at radius 1 is 1.30 bits per heavy atom. The van der Waals surface area contributed by atoms with E-state index in [9.17, 15) is 12.8 Å². The molecule has 0 amide bonds. The van der Waals surface area contributed by atoms with Gasteiger partial charge in [0.15, 0.2) is 0 Å². The minimum absolute atomic E-state index is 0.0709. The van der Waals surface area contributed by atoms with Crippen LogP contribution >= 0.6 is 0 Å². The van der Waals surface area contributed by atoms with E-state index >= 15 is 0 Å². The van der Waals surface area contributed by atoms with E-state index in [1.165, 1.54) is 37.3 Å². The molecule has 0 aliphatic heterocycles. The number of hydrogen-bond donors (Lipinski definition) is 1. The molecule has 102 valence electrons. The van der Waals surface area contributed by atoms with E-state index in [4.69, 9.17) is 5.26 Å². The normalized spacial score (nSPS) is 10.8. The average Bonchev–Trinajstić information content (AvgIpc) is 2.43. The predicted octanol–water partition coefficient (Wildman–Crippen LogP) is 2.20. The lowest BCUT2D eigenvalue weighted by atomic mass is 10.2. The Hall–Kier alpha value is -2.46. The van der Waals surface area contributed by atoms with E-state index in [0.29, 0.717) is 5.56 Å². The van der Waals surface area contributed by atoms with Crippen molar-refractivity contribution in [1.29, 1.82) is 5.26 Å². The fourth-order valence-electron chi connectivity index (χ4n) is 1.53. The van der Waals surface area contributed by atoms with Gasteiger partial charge in [-0.1, -0.05) is 0 Å². The van der Waals surface area contributed by atoms with E-state index in [1.54, 1.807) is 6.07 Å². The average molecular weight is 291 g/mol. The molecule has 0 unspecified atom stereocenters. The second kappa shape index (κ2) is 5.27. The number of aromatic nitrogens is 1. The summed E-state index contributed by atoms with van der Waals surface area (Å²) in [5, 5.41) is 8.61. The molecule has 1 aromatic heterocycles. The number of nitriles is 1. The molecule has 0 radical (unpaired) electrons. The molecule has 0 bridgehead atoms. The minimum atomic E-state index is -3.81. The molecule has 1 aromatic carbocycles. The topological polar surface area (TPSA) is 82.9 Å². The summed E-state index contributed by atoms with van der Waals surface area (Å²) in [6, 6.07) is 8.30. The van der Waals surface area contributed by atoms with E-state index in [1.807, 2.05) is 0 Å². The fraction of sp³-hybridized carbons (Fsp3) is 0.0769. The molecule has 0 fully saturated rings.